The number of carbonyl (C=O) groups excluding carboxylic acids is 1. The Hall–Kier alpha value is -1.26. The van der Waals surface area contributed by atoms with Gasteiger partial charge in [-0.2, -0.15) is 0 Å². The van der Waals surface area contributed by atoms with Crippen LogP contribution in [0.2, 0.25) is 5.02 Å². The van der Waals surface area contributed by atoms with Gasteiger partial charge in [0.2, 0.25) is 0 Å². The molecule has 1 aliphatic carbocycles. The summed E-state index contributed by atoms with van der Waals surface area (Å²) < 4.78 is 10.8. The van der Waals surface area contributed by atoms with E-state index in [4.69, 9.17) is 26.8 Å². The van der Waals surface area contributed by atoms with Gasteiger partial charge in [-0.05, 0) is 37.5 Å². The van der Waals surface area contributed by atoms with Crippen molar-refractivity contribution in [2.45, 2.75) is 37.9 Å². The Bertz CT molecular complexity index is 464. The number of rotatable bonds is 3. The second kappa shape index (κ2) is 6.26. The highest BCUT2D eigenvalue weighted by Crippen LogP contribution is 2.25. The lowest BCUT2D eigenvalue weighted by molar-refractivity contribution is -0.0149. The number of nitrogen functional groups attached to an aromatic ring is 1. The lowest BCUT2D eigenvalue weighted by Gasteiger charge is -2.27. The van der Waals surface area contributed by atoms with E-state index in [2.05, 4.69) is 0 Å². The van der Waals surface area contributed by atoms with Crippen molar-refractivity contribution in [3.63, 3.8) is 0 Å². The summed E-state index contributed by atoms with van der Waals surface area (Å²) in [6.45, 7) is 0. The fourth-order valence-corrected chi connectivity index (χ4v) is 2.43. The van der Waals surface area contributed by atoms with Crippen molar-refractivity contribution in [3.05, 3.63) is 28.8 Å². The lowest BCUT2D eigenvalue weighted by atomic mass is 9.95. The summed E-state index contributed by atoms with van der Waals surface area (Å²) in [4.78, 5) is 12.0. The van der Waals surface area contributed by atoms with E-state index < -0.39 is 0 Å². The van der Waals surface area contributed by atoms with Gasteiger partial charge in [-0.3, -0.25) is 0 Å². The van der Waals surface area contributed by atoms with Crippen LogP contribution in [-0.4, -0.2) is 25.3 Å². The third kappa shape index (κ3) is 3.61. The van der Waals surface area contributed by atoms with Gasteiger partial charge in [0.1, 0.15) is 6.10 Å². The Morgan fingerprint density at radius 3 is 2.79 bits per heavy atom. The molecular weight excluding hydrogens is 266 g/mol. The summed E-state index contributed by atoms with van der Waals surface area (Å²) in [5.74, 6) is -0.356. The molecule has 1 aromatic carbocycles. The molecule has 0 spiro atoms. The minimum absolute atomic E-state index is 0.0805. The van der Waals surface area contributed by atoms with Gasteiger partial charge in [-0.1, -0.05) is 11.6 Å². The van der Waals surface area contributed by atoms with E-state index in [0.29, 0.717) is 16.3 Å². The topological polar surface area (TPSA) is 61.5 Å². The predicted octanol–water partition coefficient (Wildman–Crippen LogP) is 3.04. The van der Waals surface area contributed by atoms with Gasteiger partial charge < -0.3 is 15.2 Å². The third-order valence-corrected chi connectivity index (χ3v) is 3.76. The molecule has 19 heavy (non-hydrogen) atoms. The van der Waals surface area contributed by atoms with Gasteiger partial charge in [-0.15, -0.1) is 0 Å². The fourth-order valence-electron chi connectivity index (χ4n) is 2.31. The number of esters is 1. The first-order valence-corrected chi connectivity index (χ1v) is 6.76. The standard InChI is InChI=1S/C14H18ClNO3/c1-18-10-3-2-4-11(8-10)19-14(17)9-5-6-12(15)13(16)7-9/h5-7,10-11H,2-4,8,16H2,1H3. The molecule has 2 N–H and O–H groups in total. The van der Waals surface area contributed by atoms with Gasteiger partial charge in [0.05, 0.1) is 22.4 Å². The van der Waals surface area contributed by atoms with Crippen LogP contribution in [0.5, 0.6) is 0 Å². The molecule has 1 saturated carbocycles. The Labute approximate surface area is 117 Å². The highest BCUT2D eigenvalue weighted by molar-refractivity contribution is 6.33. The van der Waals surface area contributed by atoms with Gasteiger partial charge in [0.15, 0.2) is 0 Å². The normalized spacial score (nSPS) is 23.1. The quantitative estimate of drug-likeness (QED) is 0.684. The summed E-state index contributed by atoms with van der Waals surface area (Å²) in [7, 11) is 1.69. The molecule has 104 valence electrons. The Balaban J connectivity index is 1.98. The SMILES string of the molecule is COC1CCCC(OC(=O)c2ccc(Cl)c(N)c2)C1. The zero-order valence-electron chi connectivity index (χ0n) is 10.9. The van der Waals surface area contributed by atoms with E-state index in [0.717, 1.165) is 25.7 Å². The van der Waals surface area contributed by atoms with Crippen molar-refractivity contribution < 1.29 is 14.3 Å². The highest BCUT2D eigenvalue weighted by Gasteiger charge is 2.25. The van der Waals surface area contributed by atoms with E-state index in [1.807, 2.05) is 0 Å². The largest absolute Gasteiger partial charge is 0.459 e. The molecule has 0 aliphatic heterocycles. The van der Waals surface area contributed by atoms with E-state index in [9.17, 15) is 4.79 Å². The number of nitrogens with two attached hydrogens (primary N) is 1. The molecule has 1 fully saturated rings. The van der Waals surface area contributed by atoms with Gasteiger partial charge in [-0.25, -0.2) is 4.79 Å². The summed E-state index contributed by atoms with van der Waals surface area (Å²) >= 11 is 5.82. The van der Waals surface area contributed by atoms with Crippen LogP contribution in [0.1, 0.15) is 36.0 Å². The molecule has 2 unspecified atom stereocenters. The molecular formula is C14H18ClNO3. The zero-order valence-corrected chi connectivity index (χ0v) is 11.7. The maximum Gasteiger partial charge on any atom is 0.338 e. The van der Waals surface area contributed by atoms with Gasteiger partial charge in [0, 0.05) is 13.5 Å². The Kier molecular flexibility index (Phi) is 4.66. The molecule has 0 amide bonds. The van der Waals surface area contributed by atoms with E-state index >= 15 is 0 Å². The first-order chi connectivity index (χ1) is 9.10. The lowest BCUT2D eigenvalue weighted by Crippen LogP contribution is -2.29. The van der Waals surface area contributed by atoms with Crippen molar-refractivity contribution in [2.75, 3.05) is 12.8 Å². The molecule has 2 atom stereocenters. The monoisotopic (exact) mass is 283 g/mol. The van der Waals surface area contributed by atoms with Crippen LogP contribution in [0.25, 0.3) is 0 Å². The number of halogens is 1. The smallest absolute Gasteiger partial charge is 0.338 e. The zero-order chi connectivity index (χ0) is 13.8. The maximum absolute atomic E-state index is 12.0. The molecule has 4 nitrogen and oxygen atoms in total. The van der Waals surface area contributed by atoms with Crippen molar-refractivity contribution in [1.29, 1.82) is 0 Å². The minimum Gasteiger partial charge on any atom is -0.459 e. The van der Waals surface area contributed by atoms with Crippen molar-refractivity contribution in [3.8, 4) is 0 Å². The molecule has 0 aromatic heterocycles. The van der Waals surface area contributed by atoms with E-state index in [-0.39, 0.29) is 18.2 Å². The average Bonchev–Trinajstić information content (AvgIpc) is 2.42. The number of ether oxygens (including phenoxy) is 2. The van der Waals surface area contributed by atoms with E-state index in [1.165, 1.54) is 0 Å². The third-order valence-electron chi connectivity index (χ3n) is 3.42. The van der Waals surface area contributed by atoms with Gasteiger partial charge >= 0.3 is 5.97 Å². The molecule has 5 heteroatoms. The van der Waals surface area contributed by atoms with Crippen molar-refractivity contribution in [2.24, 2.45) is 0 Å². The van der Waals surface area contributed by atoms with Crippen LogP contribution in [-0.2, 0) is 9.47 Å². The van der Waals surface area contributed by atoms with Crippen molar-refractivity contribution >= 4 is 23.3 Å². The molecule has 1 aromatic rings. The fraction of sp³-hybridized carbons (Fsp3) is 0.500. The maximum atomic E-state index is 12.0. The summed E-state index contributed by atoms with van der Waals surface area (Å²) in [5, 5.41) is 0.439. The number of benzene rings is 1. The first-order valence-electron chi connectivity index (χ1n) is 6.39. The van der Waals surface area contributed by atoms with Crippen LogP contribution < -0.4 is 5.73 Å². The molecule has 0 radical (unpaired) electrons. The summed E-state index contributed by atoms with van der Waals surface area (Å²) in [5.41, 5.74) is 6.49. The Morgan fingerprint density at radius 1 is 1.37 bits per heavy atom. The minimum atomic E-state index is -0.356. The molecule has 1 aliphatic rings. The van der Waals surface area contributed by atoms with Gasteiger partial charge in [0.25, 0.3) is 0 Å². The molecule has 0 saturated heterocycles. The molecule has 2 rings (SSSR count). The number of methoxy groups -OCH3 is 1. The Morgan fingerprint density at radius 2 is 2.11 bits per heavy atom. The van der Waals surface area contributed by atoms with Crippen LogP contribution in [0.3, 0.4) is 0 Å². The average molecular weight is 284 g/mol. The second-order valence-electron chi connectivity index (χ2n) is 4.79. The summed E-state index contributed by atoms with van der Waals surface area (Å²) in [6, 6.07) is 4.77. The first kappa shape index (κ1) is 14.2. The van der Waals surface area contributed by atoms with Crippen LogP contribution in [0.4, 0.5) is 5.69 Å². The predicted molar refractivity (Wildman–Crippen MR) is 74.3 cm³/mol. The van der Waals surface area contributed by atoms with Crippen LogP contribution in [0, 0.1) is 0 Å². The highest BCUT2D eigenvalue weighted by atomic mass is 35.5. The summed E-state index contributed by atoms with van der Waals surface area (Å²) in [6.07, 6.45) is 3.78. The molecule has 0 heterocycles. The number of carbonyl (C=O) groups is 1. The molecule has 0 bridgehead atoms. The second-order valence-corrected chi connectivity index (χ2v) is 5.20. The van der Waals surface area contributed by atoms with E-state index in [1.54, 1.807) is 25.3 Å². The van der Waals surface area contributed by atoms with Crippen LogP contribution >= 0.6 is 11.6 Å². The van der Waals surface area contributed by atoms with Crippen LogP contribution in [0.15, 0.2) is 18.2 Å². The number of hydrogen-bond acceptors (Lipinski definition) is 4. The number of anilines is 1. The number of hydrogen-bond donors (Lipinski definition) is 1. The van der Waals surface area contributed by atoms with Crippen molar-refractivity contribution in [1.82, 2.24) is 0 Å².